The van der Waals surface area contributed by atoms with Crippen LogP contribution < -0.4 is 5.73 Å². The number of nitrogens with two attached hydrogens (primary N) is 1. The zero-order valence-corrected chi connectivity index (χ0v) is 15.5. The standard InChI is InChI=1S/C14H22Br2N2S/c1-9-3-5-10(6-4-9)18(2)12(8-17)13-7-11(15)14(16)19-13/h7,9-10,12H,3-6,8,17H2,1-2H3. The lowest BCUT2D eigenvalue weighted by molar-refractivity contribution is 0.128. The fourth-order valence-electron chi connectivity index (χ4n) is 2.91. The molecule has 19 heavy (non-hydrogen) atoms. The Morgan fingerprint density at radius 2 is 2.00 bits per heavy atom. The highest BCUT2D eigenvalue weighted by molar-refractivity contribution is 9.13. The SMILES string of the molecule is CC1CCC(N(C)C(CN)c2cc(Br)c(Br)s2)CC1. The van der Waals surface area contributed by atoms with Crippen LogP contribution in [0.2, 0.25) is 0 Å². The predicted molar refractivity (Wildman–Crippen MR) is 90.7 cm³/mol. The first-order valence-corrected chi connectivity index (χ1v) is 9.30. The summed E-state index contributed by atoms with van der Waals surface area (Å²) in [5, 5.41) is 0. The van der Waals surface area contributed by atoms with E-state index in [-0.39, 0.29) is 0 Å². The topological polar surface area (TPSA) is 29.3 Å². The summed E-state index contributed by atoms with van der Waals surface area (Å²) in [7, 11) is 2.24. The van der Waals surface area contributed by atoms with Crippen molar-refractivity contribution in [2.45, 2.75) is 44.7 Å². The average molecular weight is 410 g/mol. The molecule has 0 aromatic carbocycles. The molecule has 1 saturated carbocycles. The molecule has 1 atom stereocenters. The van der Waals surface area contributed by atoms with Gasteiger partial charge in [0.2, 0.25) is 0 Å². The number of rotatable bonds is 4. The van der Waals surface area contributed by atoms with Gasteiger partial charge in [0, 0.05) is 21.9 Å². The molecule has 1 aliphatic carbocycles. The molecular formula is C14H22Br2N2S. The normalized spacial score (nSPS) is 25.8. The van der Waals surface area contributed by atoms with Crippen LogP contribution in [-0.4, -0.2) is 24.5 Å². The Labute approximate surface area is 137 Å². The van der Waals surface area contributed by atoms with Gasteiger partial charge in [-0.2, -0.15) is 0 Å². The van der Waals surface area contributed by atoms with Crippen molar-refractivity contribution < 1.29 is 0 Å². The summed E-state index contributed by atoms with van der Waals surface area (Å²) in [5.74, 6) is 0.894. The smallest absolute Gasteiger partial charge is 0.0843 e. The van der Waals surface area contributed by atoms with Crippen LogP contribution in [0.4, 0.5) is 0 Å². The first-order chi connectivity index (χ1) is 9.02. The molecular weight excluding hydrogens is 388 g/mol. The van der Waals surface area contributed by atoms with E-state index in [1.807, 2.05) is 0 Å². The van der Waals surface area contributed by atoms with Gasteiger partial charge >= 0.3 is 0 Å². The van der Waals surface area contributed by atoms with Gasteiger partial charge in [0.25, 0.3) is 0 Å². The van der Waals surface area contributed by atoms with Gasteiger partial charge in [-0.3, -0.25) is 4.90 Å². The maximum Gasteiger partial charge on any atom is 0.0843 e. The molecule has 1 heterocycles. The molecule has 1 aromatic rings. The predicted octanol–water partition coefficient (Wildman–Crippen LogP) is 4.78. The van der Waals surface area contributed by atoms with E-state index in [4.69, 9.17) is 5.73 Å². The van der Waals surface area contributed by atoms with Crippen LogP contribution in [0.15, 0.2) is 14.3 Å². The highest BCUT2D eigenvalue weighted by Gasteiger charge is 2.28. The fourth-order valence-corrected chi connectivity index (χ4v) is 5.17. The second-order valence-electron chi connectivity index (χ2n) is 5.60. The van der Waals surface area contributed by atoms with Gasteiger partial charge in [0.05, 0.1) is 9.83 Å². The Hall–Kier alpha value is 0.580. The fraction of sp³-hybridized carbons (Fsp3) is 0.714. The summed E-state index contributed by atoms with van der Waals surface area (Å²) in [6, 6.07) is 3.23. The molecule has 1 unspecified atom stereocenters. The monoisotopic (exact) mass is 408 g/mol. The lowest BCUT2D eigenvalue weighted by atomic mass is 9.86. The molecule has 2 N–H and O–H groups in total. The third-order valence-electron chi connectivity index (χ3n) is 4.27. The Kier molecular flexibility index (Phi) is 5.90. The summed E-state index contributed by atoms with van der Waals surface area (Å²) in [5.41, 5.74) is 6.03. The van der Waals surface area contributed by atoms with Crippen molar-refractivity contribution in [1.29, 1.82) is 0 Å². The minimum atomic E-state index is 0.339. The summed E-state index contributed by atoms with van der Waals surface area (Å²) < 4.78 is 2.29. The molecule has 0 spiro atoms. The first-order valence-electron chi connectivity index (χ1n) is 6.89. The van der Waals surface area contributed by atoms with Crippen molar-refractivity contribution in [3.05, 3.63) is 19.2 Å². The van der Waals surface area contributed by atoms with Gasteiger partial charge in [-0.1, -0.05) is 6.92 Å². The van der Waals surface area contributed by atoms with Gasteiger partial charge in [-0.05, 0) is 76.6 Å². The van der Waals surface area contributed by atoms with E-state index in [0.717, 1.165) is 14.2 Å². The van der Waals surface area contributed by atoms with Gasteiger partial charge in [-0.15, -0.1) is 11.3 Å². The zero-order chi connectivity index (χ0) is 14.0. The van der Waals surface area contributed by atoms with Gasteiger partial charge in [0.15, 0.2) is 0 Å². The lowest BCUT2D eigenvalue weighted by Crippen LogP contribution is -2.40. The molecule has 1 fully saturated rings. The minimum absolute atomic E-state index is 0.339. The zero-order valence-electron chi connectivity index (χ0n) is 11.5. The molecule has 0 radical (unpaired) electrons. The van der Waals surface area contributed by atoms with E-state index in [1.165, 1.54) is 30.6 Å². The summed E-state index contributed by atoms with van der Waals surface area (Å²) >= 11 is 8.94. The number of hydrogen-bond donors (Lipinski definition) is 1. The molecule has 1 aromatic heterocycles. The Morgan fingerprint density at radius 1 is 1.37 bits per heavy atom. The van der Waals surface area contributed by atoms with Crippen molar-refractivity contribution in [3.63, 3.8) is 0 Å². The second kappa shape index (κ2) is 7.03. The highest BCUT2D eigenvalue weighted by atomic mass is 79.9. The van der Waals surface area contributed by atoms with Crippen molar-refractivity contribution in [3.8, 4) is 0 Å². The summed E-state index contributed by atoms with van der Waals surface area (Å²) in [6.07, 6.45) is 5.32. The first kappa shape index (κ1) is 16.0. The van der Waals surface area contributed by atoms with Crippen LogP contribution in [-0.2, 0) is 0 Å². The molecule has 0 saturated heterocycles. The summed E-state index contributed by atoms with van der Waals surface area (Å²) in [6.45, 7) is 3.05. The molecule has 108 valence electrons. The average Bonchev–Trinajstić information content (AvgIpc) is 2.71. The quantitative estimate of drug-likeness (QED) is 0.774. The van der Waals surface area contributed by atoms with Crippen molar-refractivity contribution in [2.75, 3.05) is 13.6 Å². The number of halogens is 2. The molecule has 2 nitrogen and oxygen atoms in total. The van der Waals surface area contributed by atoms with Crippen molar-refractivity contribution in [1.82, 2.24) is 4.90 Å². The van der Waals surface area contributed by atoms with E-state index < -0.39 is 0 Å². The number of hydrogen-bond acceptors (Lipinski definition) is 3. The number of thiophene rings is 1. The molecule has 0 amide bonds. The van der Waals surface area contributed by atoms with Gasteiger partial charge < -0.3 is 5.73 Å². The maximum absolute atomic E-state index is 6.03. The molecule has 2 rings (SSSR count). The van der Waals surface area contributed by atoms with Crippen LogP contribution >= 0.6 is 43.2 Å². The number of nitrogens with zero attached hydrogens (tertiary/aromatic N) is 1. The summed E-state index contributed by atoms with van der Waals surface area (Å²) in [4.78, 5) is 3.85. The van der Waals surface area contributed by atoms with Gasteiger partial charge in [0.1, 0.15) is 0 Å². The van der Waals surface area contributed by atoms with Crippen molar-refractivity contribution >= 4 is 43.2 Å². The highest BCUT2D eigenvalue weighted by Crippen LogP contribution is 2.38. The Bertz CT molecular complexity index is 394. The third-order valence-corrected chi connectivity index (χ3v) is 7.63. The minimum Gasteiger partial charge on any atom is -0.329 e. The van der Waals surface area contributed by atoms with E-state index in [0.29, 0.717) is 18.6 Å². The second-order valence-corrected chi connectivity index (χ2v) is 8.86. The maximum atomic E-state index is 6.03. The van der Waals surface area contributed by atoms with E-state index in [9.17, 15) is 0 Å². The lowest BCUT2D eigenvalue weighted by Gasteiger charge is -2.37. The van der Waals surface area contributed by atoms with E-state index >= 15 is 0 Å². The van der Waals surface area contributed by atoms with E-state index in [1.54, 1.807) is 11.3 Å². The largest absolute Gasteiger partial charge is 0.329 e. The van der Waals surface area contributed by atoms with Crippen LogP contribution in [0.25, 0.3) is 0 Å². The van der Waals surface area contributed by atoms with Gasteiger partial charge in [-0.25, -0.2) is 0 Å². The molecule has 1 aliphatic rings. The Morgan fingerprint density at radius 3 is 2.47 bits per heavy atom. The van der Waals surface area contributed by atoms with Crippen molar-refractivity contribution in [2.24, 2.45) is 11.7 Å². The molecule has 5 heteroatoms. The molecule has 0 bridgehead atoms. The van der Waals surface area contributed by atoms with Crippen LogP contribution in [0.1, 0.15) is 43.5 Å². The molecule has 0 aliphatic heterocycles. The van der Waals surface area contributed by atoms with Crippen LogP contribution in [0, 0.1) is 5.92 Å². The third kappa shape index (κ3) is 3.82. The van der Waals surface area contributed by atoms with E-state index in [2.05, 4.69) is 56.8 Å². The van der Waals surface area contributed by atoms with Crippen LogP contribution in [0.5, 0.6) is 0 Å². The van der Waals surface area contributed by atoms with Crippen LogP contribution in [0.3, 0.4) is 0 Å². The Balaban J connectivity index is 2.08. The number of likely N-dealkylation sites (N-methyl/N-ethyl adjacent to an activating group) is 1.